The van der Waals surface area contributed by atoms with Crippen molar-refractivity contribution in [2.45, 2.75) is 78.2 Å². The largest absolute Gasteiger partial charge is 0.462 e. The molecule has 3 aliphatic rings. The van der Waals surface area contributed by atoms with Gasteiger partial charge in [-0.15, -0.1) is 0 Å². The van der Waals surface area contributed by atoms with Crippen molar-refractivity contribution in [3.8, 4) is 5.75 Å². The number of carbonyl (C=O) groups is 3. The van der Waals surface area contributed by atoms with E-state index in [1.807, 2.05) is 19.1 Å². The van der Waals surface area contributed by atoms with Gasteiger partial charge in [-0.05, 0) is 62.1 Å². The monoisotopic (exact) mass is 437 g/mol. The Morgan fingerprint density at radius 3 is 2.34 bits per heavy atom. The summed E-state index contributed by atoms with van der Waals surface area (Å²) in [5.41, 5.74) is 2.75. The lowest BCUT2D eigenvalue weighted by atomic mass is 9.67. The number of benzene rings is 1. The van der Waals surface area contributed by atoms with Crippen molar-refractivity contribution >= 4 is 23.4 Å². The lowest BCUT2D eigenvalue weighted by Gasteiger charge is -2.39. The highest BCUT2D eigenvalue weighted by Crippen LogP contribution is 2.48. The highest BCUT2D eigenvalue weighted by Gasteiger charge is 2.46. The van der Waals surface area contributed by atoms with Gasteiger partial charge in [-0.3, -0.25) is 19.4 Å². The molecule has 0 bridgehead atoms. The molecular weight excluding hydrogens is 406 g/mol. The predicted octanol–water partition coefficient (Wildman–Crippen LogP) is 4.92. The maximum Gasteiger partial charge on any atom is 0.315 e. The van der Waals surface area contributed by atoms with E-state index in [-0.39, 0.29) is 23.3 Å². The van der Waals surface area contributed by atoms with Gasteiger partial charge in [-0.2, -0.15) is 0 Å². The molecule has 1 heterocycles. The van der Waals surface area contributed by atoms with Crippen molar-refractivity contribution < 1.29 is 23.9 Å². The normalized spacial score (nSPS) is 25.2. The van der Waals surface area contributed by atoms with Crippen LogP contribution in [0.25, 0.3) is 0 Å². The quantitative estimate of drug-likeness (QED) is 0.493. The molecule has 0 aromatic heterocycles. The van der Waals surface area contributed by atoms with Crippen molar-refractivity contribution in [2.24, 2.45) is 16.3 Å². The maximum absolute atomic E-state index is 13.4. The van der Waals surface area contributed by atoms with E-state index in [1.165, 1.54) is 6.92 Å². The zero-order chi connectivity index (χ0) is 23.0. The Hall–Kier alpha value is -2.76. The number of ether oxygens (including phenoxy) is 2. The van der Waals surface area contributed by atoms with E-state index in [0.717, 1.165) is 36.9 Å². The van der Waals surface area contributed by atoms with Crippen LogP contribution in [0.1, 0.15) is 77.7 Å². The summed E-state index contributed by atoms with van der Waals surface area (Å²) in [5.74, 6) is -1.33. The van der Waals surface area contributed by atoms with Crippen LogP contribution in [-0.4, -0.2) is 29.5 Å². The Morgan fingerprint density at radius 1 is 1.06 bits per heavy atom. The van der Waals surface area contributed by atoms with Gasteiger partial charge >= 0.3 is 11.9 Å². The number of rotatable bonds is 4. The minimum atomic E-state index is -0.640. The Labute approximate surface area is 189 Å². The lowest BCUT2D eigenvalue weighted by molar-refractivity contribution is -0.151. The van der Waals surface area contributed by atoms with E-state index in [9.17, 15) is 14.4 Å². The van der Waals surface area contributed by atoms with Gasteiger partial charge in [-0.1, -0.05) is 26.0 Å². The summed E-state index contributed by atoms with van der Waals surface area (Å²) in [5, 5.41) is 0. The Balaban J connectivity index is 1.74. The zero-order valence-corrected chi connectivity index (χ0v) is 19.3. The Kier molecular flexibility index (Phi) is 6.06. The first-order valence-corrected chi connectivity index (χ1v) is 11.4. The fourth-order valence-corrected chi connectivity index (χ4v) is 5.26. The van der Waals surface area contributed by atoms with E-state index in [1.54, 1.807) is 12.1 Å². The molecule has 2 atom stereocenters. The molecule has 1 aliphatic heterocycles. The molecule has 6 nitrogen and oxygen atoms in total. The standard InChI is InChI=1S/C26H31NO5/c1-15-22(25(30)32-18-7-5-6-8-18)23(17-9-11-19(12-10-17)31-16(2)28)24-20(27-15)13-26(3,4)14-21(24)29/h9-12,18,22-23H,5-8,13-14H2,1-4H3/t22?,23-/m1/s1. The summed E-state index contributed by atoms with van der Waals surface area (Å²) in [7, 11) is 0. The summed E-state index contributed by atoms with van der Waals surface area (Å²) < 4.78 is 11.0. The maximum atomic E-state index is 13.4. The second-order valence-electron chi connectivity index (χ2n) is 10.0. The number of esters is 2. The lowest BCUT2D eigenvalue weighted by Crippen LogP contribution is -2.40. The zero-order valence-electron chi connectivity index (χ0n) is 19.3. The summed E-state index contributed by atoms with van der Waals surface area (Å²) in [6.07, 6.45) is 4.97. The number of Topliss-reactive ketones (excluding diaryl/α,β-unsaturated/α-hetero) is 1. The van der Waals surface area contributed by atoms with Crippen molar-refractivity contribution in [1.29, 1.82) is 0 Å². The van der Waals surface area contributed by atoms with Crippen LogP contribution in [0.15, 0.2) is 40.5 Å². The molecule has 1 aromatic carbocycles. The molecule has 1 fully saturated rings. The number of nitrogens with zero attached hydrogens (tertiary/aromatic N) is 1. The molecule has 0 amide bonds. The van der Waals surface area contributed by atoms with Crippen molar-refractivity contribution in [3.63, 3.8) is 0 Å². The molecule has 0 spiro atoms. The molecule has 170 valence electrons. The number of hydrogen-bond donors (Lipinski definition) is 0. The van der Waals surface area contributed by atoms with Crippen LogP contribution in [0.5, 0.6) is 5.75 Å². The first kappa shape index (κ1) is 22.4. The van der Waals surface area contributed by atoms with Gasteiger partial charge in [0.1, 0.15) is 17.8 Å². The summed E-state index contributed by atoms with van der Waals surface area (Å²) in [6.45, 7) is 7.35. The van der Waals surface area contributed by atoms with Crippen molar-refractivity contribution in [2.75, 3.05) is 0 Å². The number of aliphatic imine (C=N–C) groups is 1. The minimum Gasteiger partial charge on any atom is -0.462 e. The molecule has 1 unspecified atom stereocenters. The SMILES string of the molecule is CC(=O)Oc1ccc([C@H]2C3=C(CC(C)(C)CC3=O)N=C(C)C2C(=O)OC2CCCC2)cc1. The van der Waals surface area contributed by atoms with E-state index in [4.69, 9.17) is 14.5 Å². The summed E-state index contributed by atoms with van der Waals surface area (Å²) in [6, 6.07) is 7.06. The Morgan fingerprint density at radius 2 is 1.72 bits per heavy atom. The van der Waals surface area contributed by atoms with Crippen LogP contribution in [-0.2, 0) is 19.1 Å². The smallest absolute Gasteiger partial charge is 0.315 e. The molecule has 1 saturated carbocycles. The fraction of sp³-hybridized carbons (Fsp3) is 0.538. The third-order valence-electron chi connectivity index (χ3n) is 6.64. The van der Waals surface area contributed by atoms with Gasteiger partial charge in [0.2, 0.25) is 0 Å². The van der Waals surface area contributed by atoms with Gasteiger partial charge in [0.15, 0.2) is 5.78 Å². The number of allylic oxidation sites excluding steroid dienone is 2. The van der Waals surface area contributed by atoms with Crippen LogP contribution in [0.4, 0.5) is 0 Å². The fourth-order valence-electron chi connectivity index (χ4n) is 5.26. The van der Waals surface area contributed by atoms with Gasteiger partial charge in [0.05, 0.1) is 0 Å². The van der Waals surface area contributed by atoms with Gasteiger partial charge in [0.25, 0.3) is 0 Å². The summed E-state index contributed by atoms with van der Waals surface area (Å²) in [4.78, 5) is 42.7. The molecule has 0 N–H and O–H groups in total. The van der Waals surface area contributed by atoms with Crippen molar-refractivity contribution in [1.82, 2.24) is 0 Å². The van der Waals surface area contributed by atoms with Crippen molar-refractivity contribution in [3.05, 3.63) is 41.1 Å². The number of hydrogen-bond acceptors (Lipinski definition) is 6. The average Bonchev–Trinajstić information content (AvgIpc) is 3.19. The van der Waals surface area contributed by atoms with E-state index >= 15 is 0 Å². The average molecular weight is 438 g/mol. The van der Waals surface area contributed by atoms with Crippen LogP contribution >= 0.6 is 0 Å². The molecule has 6 heteroatoms. The van der Waals surface area contributed by atoms with E-state index < -0.39 is 17.8 Å². The van der Waals surface area contributed by atoms with Crippen LogP contribution in [0, 0.1) is 11.3 Å². The molecular formula is C26H31NO5. The van der Waals surface area contributed by atoms with Gasteiger partial charge in [-0.25, -0.2) is 0 Å². The number of carbonyl (C=O) groups excluding carboxylic acids is 3. The van der Waals surface area contributed by atoms with Crippen LogP contribution in [0.3, 0.4) is 0 Å². The van der Waals surface area contributed by atoms with Crippen LogP contribution in [0.2, 0.25) is 0 Å². The second kappa shape index (κ2) is 8.64. The second-order valence-corrected chi connectivity index (χ2v) is 10.0. The third kappa shape index (κ3) is 4.54. The molecule has 32 heavy (non-hydrogen) atoms. The highest BCUT2D eigenvalue weighted by molar-refractivity contribution is 6.09. The first-order valence-electron chi connectivity index (χ1n) is 11.4. The highest BCUT2D eigenvalue weighted by atomic mass is 16.5. The van der Waals surface area contributed by atoms with Crippen LogP contribution < -0.4 is 4.74 Å². The molecule has 1 aromatic rings. The molecule has 2 aliphatic carbocycles. The number of ketones is 1. The third-order valence-corrected chi connectivity index (χ3v) is 6.64. The van der Waals surface area contributed by atoms with E-state index in [0.29, 0.717) is 29.9 Å². The first-order chi connectivity index (χ1) is 15.1. The molecule has 4 rings (SSSR count). The topological polar surface area (TPSA) is 82.0 Å². The predicted molar refractivity (Wildman–Crippen MR) is 120 cm³/mol. The minimum absolute atomic E-state index is 0.0419. The van der Waals surface area contributed by atoms with Gasteiger partial charge < -0.3 is 9.47 Å². The Bertz CT molecular complexity index is 996. The molecule has 0 saturated heterocycles. The summed E-state index contributed by atoms with van der Waals surface area (Å²) >= 11 is 0. The van der Waals surface area contributed by atoms with Gasteiger partial charge in [0, 0.05) is 36.2 Å². The molecule has 0 radical (unpaired) electrons. The van der Waals surface area contributed by atoms with E-state index in [2.05, 4.69) is 13.8 Å².